The number of carbonyl (C=O) groups is 1. The summed E-state index contributed by atoms with van der Waals surface area (Å²) < 4.78 is 0. The average molecular weight is 233 g/mol. The summed E-state index contributed by atoms with van der Waals surface area (Å²) in [7, 11) is 0. The lowest BCUT2D eigenvalue weighted by molar-refractivity contribution is -0.113. The second-order valence-corrected chi connectivity index (χ2v) is 3.64. The van der Waals surface area contributed by atoms with Gasteiger partial charge in [0.2, 0.25) is 5.91 Å². The molecule has 0 aliphatic rings. The number of aromatic nitrogens is 1. The first-order valence-electron chi connectivity index (χ1n) is 4.69. The lowest BCUT2D eigenvalue weighted by atomic mass is 10.1. The molecule has 1 heterocycles. The third-order valence-electron chi connectivity index (χ3n) is 2.20. The fourth-order valence-electron chi connectivity index (χ4n) is 1.48. The summed E-state index contributed by atoms with van der Waals surface area (Å²) in [6, 6.07) is 7.59. The molecule has 0 radical (unpaired) electrons. The zero-order chi connectivity index (χ0) is 11.5. The molecular formula is C12H9ClN2O. The number of pyridine rings is 1. The third kappa shape index (κ3) is 2.04. The van der Waals surface area contributed by atoms with Crippen LogP contribution in [0.15, 0.2) is 36.5 Å². The first kappa shape index (κ1) is 10.6. The highest BCUT2D eigenvalue weighted by Crippen LogP contribution is 2.24. The zero-order valence-corrected chi connectivity index (χ0v) is 9.11. The van der Waals surface area contributed by atoms with Crippen LogP contribution >= 0.6 is 11.6 Å². The van der Waals surface area contributed by atoms with E-state index in [0.29, 0.717) is 5.15 Å². The smallest absolute Gasteiger partial charge is 0.241 e. The molecule has 0 saturated carbocycles. The molecule has 1 aromatic carbocycles. The summed E-state index contributed by atoms with van der Waals surface area (Å²) in [5.41, 5.74) is 5.86. The predicted octanol–water partition coefficient (Wildman–Crippen LogP) is 2.39. The lowest BCUT2D eigenvalue weighted by Gasteiger charge is -2.02. The second-order valence-electron chi connectivity index (χ2n) is 3.29. The van der Waals surface area contributed by atoms with E-state index in [4.69, 9.17) is 17.3 Å². The Balaban J connectivity index is 2.63. The summed E-state index contributed by atoms with van der Waals surface area (Å²) in [5, 5.41) is 2.25. The van der Waals surface area contributed by atoms with Crippen molar-refractivity contribution >= 4 is 34.4 Å². The van der Waals surface area contributed by atoms with Gasteiger partial charge in [0, 0.05) is 23.2 Å². The molecule has 0 unspecified atom stereocenters. The number of fused-ring (bicyclic) bond motifs is 1. The lowest BCUT2D eigenvalue weighted by Crippen LogP contribution is -2.05. The van der Waals surface area contributed by atoms with E-state index in [9.17, 15) is 4.79 Å². The SMILES string of the molecule is NC(=O)C=Cc1cnc(Cl)c2ccccc12. The molecule has 2 aromatic rings. The van der Waals surface area contributed by atoms with Crippen LogP contribution in [-0.2, 0) is 4.79 Å². The Bertz CT molecular complexity index is 578. The molecule has 0 saturated heterocycles. The maximum absolute atomic E-state index is 10.7. The molecule has 0 aliphatic heterocycles. The van der Waals surface area contributed by atoms with Gasteiger partial charge in [-0.3, -0.25) is 4.79 Å². The van der Waals surface area contributed by atoms with Gasteiger partial charge < -0.3 is 5.73 Å². The minimum absolute atomic E-state index is 0.451. The highest BCUT2D eigenvalue weighted by molar-refractivity contribution is 6.34. The topological polar surface area (TPSA) is 56.0 Å². The monoisotopic (exact) mass is 232 g/mol. The Morgan fingerprint density at radius 1 is 1.31 bits per heavy atom. The van der Waals surface area contributed by atoms with Gasteiger partial charge in [-0.05, 0) is 11.5 Å². The van der Waals surface area contributed by atoms with E-state index in [-0.39, 0.29) is 0 Å². The highest BCUT2D eigenvalue weighted by atomic mass is 35.5. The quantitative estimate of drug-likeness (QED) is 0.639. The molecular weight excluding hydrogens is 224 g/mol. The van der Waals surface area contributed by atoms with Gasteiger partial charge in [-0.1, -0.05) is 35.9 Å². The van der Waals surface area contributed by atoms with Gasteiger partial charge >= 0.3 is 0 Å². The predicted molar refractivity (Wildman–Crippen MR) is 65.0 cm³/mol. The molecule has 4 heteroatoms. The molecule has 16 heavy (non-hydrogen) atoms. The van der Waals surface area contributed by atoms with Crippen molar-refractivity contribution in [1.82, 2.24) is 4.98 Å². The summed E-state index contributed by atoms with van der Waals surface area (Å²) >= 11 is 5.96. The molecule has 0 fully saturated rings. The Morgan fingerprint density at radius 2 is 2.00 bits per heavy atom. The van der Waals surface area contributed by atoms with Gasteiger partial charge in [-0.2, -0.15) is 0 Å². The number of benzene rings is 1. The van der Waals surface area contributed by atoms with Gasteiger partial charge in [-0.25, -0.2) is 4.98 Å². The van der Waals surface area contributed by atoms with Crippen molar-refractivity contribution in [1.29, 1.82) is 0 Å². The van der Waals surface area contributed by atoms with E-state index < -0.39 is 5.91 Å². The fraction of sp³-hybridized carbons (Fsp3) is 0. The number of primary amides is 1. The average Bonchev–Trinajstić information content (AvgIpc) is 2.28. The van der Waals surface area contributed by atoms with Crippen molar-refractivity contribution in [2.75, 3.05) is 0 Å². The molecule has 1 aromatic heterocycles. The molecule has 2 N–H and O–H groups in total. The van der Waals surface area contributed by atoms with Crippen LogP contribution in [0.25, 0.3) is 16.8 Å². The molecule has 80 valence electrons. The number of amides is 1. The van der Waals surface area contributed by atoms with E-state index in [0.717, 1.165) is 16.3 Å². The van der Waals surface area contributed by atoms with E-state index in [1.54, 1.807) is 12.3 Å². The number of nitrogens with two attached hydrogens (primary N) is 1. The molecule has 0 atom stereocenters. The number of nitrogens with zero attached hydrogens (tertiary/aromatic N) is 1. The van der Waals surface area contributed by atoms with Crippen LogP contribution in [0.1, 0.15) is 5.56 Å². The van der Waals surface area contributed by atoms with Crippen LogP contribution in [0.5, 0.6) is 0 Å². The molecule has 2 rings (SSSR count). The van der Waals surface area contributed by atoms with E-state index in [1.807, 2.05) is 24.3 Å². The molecule has 0 bridgehead atoms. The summed E-state index contributed by atoms with van der Waals surface area (Å²) in [6.45, 7) is 0. The van der Waals surface area contributed by atoms with Crippen molar-refractivity contribution in [2.24, 2.45) is 5.73 Å². The van der Waals surface area contributed by atoms with Gasteiger partial charge in [0.1, 0.15) is 5.15 Å². The largest absolute Gasteiger partial charge is 0.366 e. The Kier molecular flexibility index (Phi) is 2.88. The number of hydrogen-bond donors (Lipinski definition) is 1. The Labute approximate surface area is 97.5 Å². The van der Waals surface area contributed by atoms with Crippen molar-refractivity contribution in [2.45, 2.75) is 0 Å². The normalized spacial score (nSPS) is 11.1. The third-order valence-corrected chi connectivity index (χ3v) is 2.51. The Hall–Kier alpha value is -1.87. The summed E-state index contributed by atoms with van der Waals surface area (Å²) in [5.74, 6) is -0.487. The standard InChI is InChI=1S/C12H9ClN2O/c13-12-10-4-2-1-3-9(10)8(7-15-12)5-6-11(14)16/h1-7H,(H2,14,16). The zero-order valence-electron chi connectivity index (χ0n) is 8.35. The van der Waals surface area contributed by atoms with Gasteiger partial charge in [0.25, 0.3) is 0 Å². The van der Waals surface area contributed by atoms with E-state index >= 15 is 0 Å². The summed E-state index contributed by atoms with van der Waals surface area (Å²) in [6.07, 6.45) is 4.55. The second kappa shape index (κ2) is 4.33. The number of carbonyl (C=O) groups excluding carboxylic acids is 1. The maximum Gasteiger partial charge on any atom is 0.241 e. The van der Waals surface area contributed by atoms with Gasteiger partial charge in [0.05, 0.1) is 0 Å². The van der Waals surface area contributed by atoms with E-state index in [2.05, 4.69) is 4.98 Å². The molecule has 1 amide bonds. The molecule has 3 nitrogen and oxygen atoms in total. The van der Waals surface area contributed by atoms with Crippen LogP contribution in [0, 0.1) is 0 Å². The molecule has 0 aliphatic carbocycles. The maximum atomic E-state index is 10.7. The van der Waals surface area contributed by atoms with Crippen LogP contribution < -0.4 is 5.73 Å². The van der Waals surface area contributed by atoms with Crippen molar-refractivity contribution in [3.8, 4) is 0 Å². The van der Waals surface area contributed by atoms with Crippen LogP contribution in [-0.4, -0.2) is 10.9 Å². The number of rotatable bonds is 2. The van der Waals surface area contributed by atoms with Crippen molar-refractivity contribution in [3.05, 3.63) is 47.3 Å². The van der Waals surface area contributed by atoms with Crippen LogP contribution in [0.4, 0.5) is 0 Å². The first-order valence-corrected chi connectivity index (χ1v) is 5.07. The number of hydrogen-bond acceptors (Lipinski definition) is 2. The fourth-order valence-corrected chi connectivity index (χ4v) is 1.70. The number of halogens is 1. The van der Waals surface area contributed by atoms with Gasteiger partial charge in [-0.15, -0.1) is 0 Å². The van der Waals surface area contributed by atoms with Gasteiger partial charge in [0.15, 0.2) is 0 Å². The molecule has 0 spiro atoms. The van der Waals surface area contributed by atoms with Crippen LogP contribution in [0.3, 0.4) is 0 Å². The van der Waals surface area contributed by atoms with E-state index in [1.165, 1.54) is 6.08 Å². The van der Waals surface area contributed by atoms with Crippen LogP contribution in [0.2, 0.25) is 5.15 Å². The van der Waals surface area contributed by atoms with Crippen molar-refractivity contribution < 1.29 is 4.79 Å². The summed E-state index contributed by atoms with van der Waals surface area (Å²) in [4.78, 5) is 14.7. The highest BCUT2D eigenvalue weighted by Gasteiger charge is 2.02. The minimum atomic E-state index is -0.487. The first-order chi connectivity index (χ1) is 7.68. The minimum Gasteiger partial charge on any atom is -0.366 e. The Morgan fingerprint density at radius 3 is 2.69 bits per heavy atom. The van der Waals surface area contributed by atoms with Crippen molar-refractivity contribution in [3.63, 3.8) is 0 Å².